The van der Waals surface area contributed by atoms with Crippen LogP contribution < -0.4 is 14.5 Å². The zero-order valence-electron chi connectivity index (χ0n) is 23.2. The monoisotopic (exact) mass is 554 g/mol. The first-order chi connectivity index (χ1) is 17.9. The summed E-state index contributed by atoms with van der Waals surface area (Å²) in [7, 11) is -1.81. The molecule has 8 nitrogen and oxygen atoms in total. The fourth-order valence-corrected chi connectivity index (χ4v) is 5.87. The smallest absolute Gasteiger partial charge is 0.231 e. The fraction of sp³-hybridized carbons (Fsp3) is 0.536. The van der Waals surface area contributed by atoms with Gasteiger partial charge < -0.3 is 10.2 Å². The summed E-state index contributed by atoms with van der Waals surface area (Å²) in [6, 6.07) is 12.4. The maximum Gasteiger partial charge on any atom is 0.231 e. The Balaban J connectivity index is 1.82. The van der Waals surface area contributed by atoms with Crippen molar-refractivity contribution in [2.24, 2.45) is 5.41 Å². The summed E-state index contributed by atoms with van der Waals surface area (Å²) in [4.78, 5) is 7.07. The van der Waals surface area contributed by atoms with Crippen molar-refractivity contribution in [1.29, 1.82) is 10.5 Å². The topological polar surface area (TPSA) is 113 Å². The normalized spacial score (nSPS) is 14.7. The highest BCUT2D eigenvalue weighted by Gasteiger charge is 2.27. The van der Waals surface area contributed by atoms with Crippen molar-refractivity contribution in [1.82, 2.24) is 10.3 Å². The van der Waals surface area contributed by atoms with Crippen molar-refractivity contribution in [3.8, 4) is 12.1 Å². The van der Waals surface area contributed by atoms with E-state index in [1.807, 2.05) is 19.1 Å². The highest BCUT2D eigenvalue weighted by Crippen LogP contribution is 2.34. The molecule has 1 aliphatic heterocycles. The van der Waals surface area contributed by atoms with Gasteiger partial charge in [0, 0.05) is 38.5 Å². The van der Waals surface area contributed by atoms with Crippen LogP contribution in [-0.2, 0) is 22.2 Å². The van der Waals surface area contributed by atoms with Gasteiger partial charge in [-0.1, -0.05) is 39.8 Å². The predicted molar refractivity (Wildman–Crippen MR) is 155 cm³/mol. The lowest BCUT2D eigenvalue weighted by Gasteiger charge is -2.35. The zero-order valence-corrected chi connectivity index (χ0v) is 24.8. The zero-order chi connectivity index (χ0) is 28.1. The van der Waals surface area contributed by atoms with E-state index in [0.717, 1.165) is 43.6 Å². The summed E-state index contributed by atoms with van der Waals surface area (Å²) in [6.45, 7) is 11.2. The highest BCUT2D eigenvalue weighted by molar-refractivity contribution is 7.98. The molecule has 3 rings (SSSR count). The van der Waals surface area contributed by atoms with E-state index in [4.69, 9.17) is 4.98 Å². The molecule has 38 heavy (non-hydrogen) atoms. The van der Waals surface area contributed by atoms with Crippen molar-refractivity contribution in [3.05, 3.63) is 46.5 Å². The minimum absolute atomic E-state index is 0.228. The van der Waals surface area contributed by atoms with E-state index < -0.39 is 10.0 Å². The van der Waals surface area contributed by atoms with E-state index in [1.54, 1.807) is 12.1 Å². The number of benzene rings is 1. The molecule has 1 saturated heterocycles. The number of hydrogen-bond acceptors (Lipinski definition) is 8. The second kappa shape index (κ2) is 12.4. The number of piperidine rings is 1. The molecule has 1 aliphatic rings. The molecule has 0 unspecified atom stereocenters. The van der Waals surface area contributed by atoms with Crippen molar-refractivity contribution >= 4 is 33.3 Å². The molecule has 0 atom stereocenters. The van der Waals surface area contributed by atoms with Crippen LogP contribution in [0.25, 0.3) is 0 Å². The molecule has 0 radical (unpaired) electrons. The van der Waals surface area contributed by atoms with Crippen molar-refractivity contribution in [2.75, 3.05) is 42.1 Å². The predicted octanol–water partition coefficient (Wildman–Crippen LogP) is 4.68. The number of nitrogens with one attached hydrogen (secondary N) is 1. The van der Waals surface area contributed by atoms with Crippen LogP contribution in [-0.4, -0.2) is 52.4 Å². The number of pyridine rings is 1. The van der Waals surface area contributed by atoms with E-state index in [0.29, 0.717) is 45.9 Å². The van der Waals surface area contributed by atoms with Crippen molar-refractivity contribution in [3.63, 3.8) is 0 Å². The molecule has 1 aromatic heterocycles. The number of nitriles is 2. The number of thioether (sulfide) groups is 1. The molecule has 0 bridgehead atoms. The Morgan fingerprint density at radius 2 is 1.74 bits per heavy atom. The molecular weight excluding hydrogens is 516 g/mol. The van der Waals surface area contributed by atoms with Gasteiger partial charge in [0.25, 0.3) is 0 Å². The van der Waals surface area contributed by atoms with Crippen LogP contribution in [0.3, 0.4) is 0 Å². The Morgan fingerprint density at radius 1 is 1.13 bits per heavy atom. The van der Waals surface area contributed by atoms with Crippen LogP contribution in [0, 0.1) is 28.1 Å². The van der Waals surface area contributed by atoms with E-state index in [1.165, 1.54) is 29.4 Å². The molecule has 2 aromatic rings. The quantitative estimate of drug-likeness (QED) is 0.445. The number of sulfonamides is 1. The van der Waals surface area contributed by atoms with Gasteiger partial charge >= 0.3 is 0 Å². The maximum atomic E-state index is 11.8. The van der Waals surface area contributed by atoms with Gasteiger partial charge in [0.1, 0.15) is 23.0 Å². The molecule has 1 aromatic carbocycles. The van der Waals surface area contributed by atoms with Crippen LogP contribution in [0.5, 0.6) is 0 Å². The van der Waals surface area contributed by atoms with Crippen molar-refractivity contribution < 1.29 is 8.42 Å². The average Bonchev–Trinajstić information content (AvgIpc) is 2.88. The number of anilines is 2. The van der Waals surface area contributed by atoms with E-state index >= 15 is 0 Å². The minimum atomic E-state index is -3.33. The third-order valence-electron chi connectivity index (χ3n) is 6.71. The summed E-state index contributed by atoms with van der Waals surface area (Å²) >= 11 is 1.47. The molecule has 1 N–H and O–H groups in total. The second-order valence-electron chi connectivity index (χ2n) is 10.9. The van der Waals surface area contributed by atoms with Gasteiger partial charge in [0.15, 0.2) is 0 Å². The van der Waals surface area contributed by atoms with Crippen molar-refractivity contribution in [2.45, 2.75) is 63.8 Å². The number of hydrogen-bond donors (Lipinski definition) is 1. The van der Waals surface area contributed by atoms with E-state index in [2.05, 4.69) is 43.1 Å². The summed E-state index contributed by atoms with van der Waals surface area (Å²) < 4.78 is 24.9. The van der Waals surface area contributed by atoms with Crippen LogP contribution in [0.15, 0.2) is 29.3 Å². The molecule has 0 spiro atoms. The van der Waals surface area contributed by atoms with Gasteiger partial charge in [-0.05, 0) is 47.9 Å². The van der Waals surface area contributed by atoms with Gasteiger partial charge in [0.2, 0.25) is 10.0 Å². The van der Waals surface area contributed by atoms with Gasteiger partial charge in [-0.15, -0.1) is 11.8 Å². The first-order valence-electron chi connectivity index (χ1n) is 12.9. The van der Waals surface area contributed by atoms with E-state index in [-0.39, 0.29) is 5.41 Å². The lowest BCUT2D eigenvalue weighted by molar-refractivity contribution is 0.323. The summed E-state index contributed by atoms with van der Waals surface area (Å²) in [5.74, 6) is 1.24. The fourth-order valence-electron chi connectivity index (χ4n) is 4.41. The molecule has 0 aliphatic carbocycles. The summed E-state index contributed by atoms with van der Waals surface area (Å²) in [5, 5.41) is 24.3. The standard InChI is InChI=1S/C28H38N6O2S2/c1-7-23-24(16-29)26(34-14-12-21(13-15-34)31-19-28(2,3)4)32-27(25(23)17-30)37-18-20-8-10-22(11-9-20)33(5)38(6,35)36/h8-11,21,31H,7,12-15,18-19H2,1-6H3. The average molecular weight is 555 g/mol. The first kappa shape index (κ1) is 29.8. The Morgan fingerprint density at radius 3 is 2.24 bits per heavy atom. The van der Waals surface area contributed by atoms with Crippen LogP contribution in [0.2, 0.25) is 0 Å². The molecule has 2 heterocycles. The van der Waals surface area contributed by atoms with Gasteiger partial charge in [-0.3, -0.25) is 4.31 Å². The number of aromatic nitrogens is 1. The van der Waals surface area contributed by atoms with Crippen LogP contribution in [0.1, 0.15) is 62.8 Å². The number of rotatable bonds is 9. The van der Waals surface area contributed by atoms with Gasteiger partial charge in [-0.25, -0.2) is 13.4 Å². The third kappa shape index (κ3) is 7.41. The largest absolute Gasteiger partial charge is 0.355 e. The van der Waals surface area contributed by atoms with Gasteiger partial charge in [-0.2, -0.15) is 10.5 Å². The molecule has 10 heteroatoms. The Bertz CT molecular complexity index is 1310. The molecular formula is C28H38N6O2S2. The highest BCUT2D eigenvalue weighted by atomic mass is 32.2. The van der Waals surface area contributed by atoms with Crippen LogP contribution >= 0.6 is 11.8 Å². The Kier molecular flexibility index (Phi) is 9.69. The summed E-state index contributed by atoms with van der Waals surface area (Å²) in [6.07, 6.45) is 3.69. The number of nitrogens with zero attached hydrogens (tertiary/aromatic N) is 5. The maximum absolute atomic E-state index is 11.8. The summed E-state index contributed by atoms with van der Waals surface area (Å²) in [5.41, 5.74) is 3.52. The van der Waals surface area contributed by atoms with Gasteiger partial charge in [0.05, 0.1) is 23.1 Å². The third-order valence-corrected chi connectivity index (χ3v) is 8.97. The SMILES string of the molecule is CCc1c(C#N)c(SCc2ccc(N(C)S(C)(=O)=O)cc2)nc(N2CCC(NCC(C)(C)C)CC2)c1C#N. The Labute approximate surface area is 232 Å². The molecule has 204 valence electrons. The minimum Gasteiger partial charge on any atom is -0.355 e. The molecule has 1 fully saturated rings. The second-order valence-corrected chi connectivity index (χ2v) is 13.9. The molecule has 0 amide bonds. The van der Waals surface area contributed by atoms with E-state index in [9.17, 15) is 18.9 Å². The van der Waals surface area contributed by atoms with Crippen LogP contribution in [0.4, 0.5) is 11.5 Å². The Hall–Kier alpha value is -2.79. The lowest BCUT2D eigenvalue weighted by atomic mass is 9.95. The lowest BCUT2D eigenvalue weighted by Crippen LogP contribution is -2.45. The first-order valence-corrected chi connectivity index (χ1v) is 15.7. The molecule has 0 saturated carbocycles.